The molecular formula is C25H26N2O6S. The fraction of sp³-hybridized carbons (Fsp3) is 0.200. The Morgan fingerprint density at radius 2 is 1.56 bits per heavy atom. The van der Waals surface area contributed by atoms with Gasteiger partial charge in [0.15, 0.2) is 0 Å². The molecule has 3 aromatic carbocycles. The van der Waals surface area contributed by atoms with Crippen LogP contribution in [0.15, 0.2) is 71.6 Å². The number of benzene rings is 3. The molecule has 0 fully saturated rings. The van der Waals surface area contributed by atoms with Crippen LogP contribution in [0.3, 0.4) is 0 Å². The van der Waals surface area contributed by atoms with Gasteiger partial charge in [0.25, 0.3) is 10.0 Å². The molecule has 3 rings (SSSR count). The third-order valence-corrected chi connectivity index (χ3v) is 7.06. The Hall–Kier alpha value is -3.85. The van der Waals surface area contributed by atoms with Gasteiger partial charge >= 0.3 is 5.97 Å². The smallest absolute Gasteiger partial charge is 0.338 e. The Balaban J connectivity index is 1.95. The standard InChI is InChI=1S/C25H26N2O6S/c1-17-8-14-21(15-9-17)34(30,31)27(19-10-12-20(32-3)13-11-19)16-24(28)26-23-7-5-6-22(18(23)2)25(29)33-4/h5-15H,16H2,1-4H3,(H,26,28). The second-order valence-corrected chi connectivity index (χ2v) is 9.40. The first-order chi connectivity index (χ1) is 16.2. The summed E-state index contributed by atoms with van der Waals surface area (Å²) in [6, 6.07) is 17.6. The molecule has 0 aliphatic rings. The Labute approximate surface area is 199 Å². The number of sulfonamides is 1. The fourth-order valence-electron chi connectivity index (χ4n) is 3.32. The third kappa shape index (κ3) is 5.37. The quantitative estimate of drug-likeness (QED) is 0.488. The van der Waals surface area contributed by atoms with Crippen LogP contribution in [0.4, 0.5) is 11.4 Å². The van der Waals surface area contributed by atoms with Crippen LogP contribution in [-0.2, 0) is 19.6 Å². The van der Waals surface area contributed by atoms with E-state index < -0.39 is 28.4 Å². The molecule has 1 amide bonds. The Kier molecular flexibility index (Phi) is 7.57. The minimum absolute atomic E-state index is 0.0607. The minimum Gasteiger partial charge on any atom is -0.497 e. The van der Waals surface area contributed by atoms with E-state index in [1.165, 1.54) is 26.4 Å². The van der Waals surface area contributed by atoms with E-state index in [0.29, 0.717) is 28.3 Å². The summed E-state index contributed by atoms with van der Waals surface area (Å²) >= 11 is 0. The highest BCUT2D eigenvalue weighted by Gasteiger charge is 2.27. The summed E-state index contributed by atoms with van der Waals surface area (Å²) in [5, 5.41) is 2.71. The molecule has 0 unspecified atom stereocenters. The highest BCUT2D eigenvalue weighted by molar-refractivity contribution is 7.92. The molecule has 0 aliphatic heterocycles. The molecule has 0 aromatic heterocycles. The Bertz CT molecular complexity index is 1290. The monoisotopic (exact) mass is 482 g/mol. The normalized spacial score (nSPS) is 10.9. The second kappa shape index (κ2) is 10.4. The number of esters is 1. The molecule has 178 valence electrons. The number of aryl methyl sites for hydroxylation is 1. The van der Waals surface area contributed by atoms with Crippen molar-refractivity contribution in [3.8, 4) is 5.75 Å². The van der Waals surface area contributed by atoms with E-state index in [1.807, 2.05) is 6.92 Å². The van der Waals surface area contributed by atoms with Gasteiger partial charge in [0.05, 0.1) is 30.4 Å². The van der Waals surface area contributed by atoms with Crippen LogP contribution in [0.25, 0.3) is 0 Å². The lowest BCUT2D eigenvalue weighted by atomic mass is 10.1. The maximum Gasteiger partial charge on any atom is 0.338 e. The average Bonchev–Trinajstić information content (AvgIpc) is 2.83. The topological polar surface area (TPSA) is 102 Å². The highest BCUT2D eigenvalue weighted by Crippen LogP contribution is 2.27. The van der Waals surface area contributed by atoms with E-state index in [2.05, 4.69) is 5.32 Å². The van der Waals surface area contributed by atoms with Crippen molar-refractivity contribution in [3.05, 3.63) is 83.4 Å². The average molecular weight is 483 g/mol. The van der Waals surface area contributed by atoms with Crippen LogP contribution in [0, 0.1) is 13.8 Å². The summed E-state index contributed by atoms with van der Waals surface area (Å²) in [5.41, 5.74) is 2.42. The first-order valence-electron chi connectivity index (χ1n) is 10.4. The molecule has 8 nitrogen and oxygen atoms in total. The lowest BCUT2D eigenvalue weighted by Gasteiger charge is -2.24. The SMILES string of the molecule is COC(=O)c1cccc(NC(=O)CN(c2ccc(OC)cc2)S(=O)(=O)c2ccc(C)cc2)c1C. The van der Waals surface area contributed by atoms with Crippen molar-refractivity contribution >= 4 is 33.3 Å². The lowest BCUT2D eigenvalue weighted by molar-refractivity contribution is -0.114. The molecule has 0 spiro atoms. The number of hydrogen-bond donors (Lipinski definition) is 1. The van der Waals surface area contributed by atoms with Gasteiger partial charge in [-0.3, -0.25) is 9.10 Å². The number of anilines is 2. The summed E-state index contributed by atoms with van der Waals surface area (Å²) in [4.78, 5) is 25.0. The predicted octanol–water partition coefficient (Wildman–Crippen LogP) is 3.93. The Morgan fingerprint density at radius 3 is 2.15 bits per heavy atom. The first-order valence-corrected chi connectivity index (χ1v) is 11.8. The van der Waals surface area contributed by atoms with Gasteiger partial charge in [0, 0.05) is 5.69 Å². The molecule has 0 aliphatic carbocycles. The van der Waals surface area contributed by atoms with Crippen molar-refractivity contribution in [2.45, 2.75) is 18.7 Å². The number of amides is 1. The van der Waals surface area contributed by atoms with Crippen LogP contribution in [-0.4, -0.2) is 41.1 Å². The lowest BCUT2D eigenvalue weighted by Crippen LogP contribution is -2.38. The molecule has 0 bridgehead atoms. The summed E-state index contributed by atoms with van der Waals surface area (Å²) < 4.78 is 37.9. The van der Waals surface area contributed by atoms with Crippen molar-refractivity contribution in [2.75, 3.05) is 30.4 Å². The van der Waals surface area contributed by atoms with Gasteiger partial charge in [-0.1, -0.05) is 23.8 Å². The number of ether oxygens (including phenoxy) is 2. The maximum atomic E-state index is 13.5. The molecule has 0 radical (unpaired) electrons. The largest absolute Gasteiger partial charge is 0.497 e. The number of carbonyl (C=O) groups is 2. The zero-order valence-corrected chi connectivity index (χ0v) is 20.2. The highest BCUT2D eigenvalue weighted by atomic mass is 32.2. The van der Waals surface area contributed by atoms with Gasteiger partial charge in [-0.2, -0.15) is 0 Å². The minimum atomic E-state index is -4.06. The van der Waals surface area contributed by atoms with Crippen molar-refractivity contribution < 1.29 is 27.5 Å². The molecule has 9 heteroatoms. The van der Waals surface area contributed by atoms with Gasteiger partial charge in [0.2, 0.25) is 5.91 Å². The molecule has 34 heavy (non-hydrogen) atoms. The first kappa shape index (κ1) is 24.8. The number of carbonyl (C=O) groups excluding carboxylic acids is 2. The fourth-order valence-corrected chi connectivity index (χ4v) is 4.74. The van der Waals surface area contributed by atoms with Crippen LogP contribution in [0.1, 0.15) is 21.5 Å². The summed E-state index contributed by atoms with van der Waals surface area (Å²) in [6.45, 7) is 3.05. The van der Waals surface area contributed by atoms with Crippen molar-refractivity contribution in [3.63, 3.8) is 0 Å². The van der Waals surface area contributed by atoms with E-state index in [1.54, 1.807) is 61.5 Å². The molecule has 1 N–H and O–H groups in total. The molecular weight excluding hydrogens is 456 g/mol. The van der Waals surface area contributed by atoms with Gasteiger partial charge in [-0.05, 0) is 67.9 Å². The number of nitrogens with one attached hydrogen (secondary N) is 1. The van der Waals surface area contributed by atoms with Gasteiger partial charge in [0.1, 0.15) is 12.3 Å². The van der Waals surface area contributed by atoms with Crippen molar-refractivity contribution in [1.29, 1.82) is 0 Å². The van der Waals surface area contributed by atoms with E-state index >= 15 is 0 Å². The summed E-state index contributed by atoms with van der Waals surface area (Å²) in [6.07, 6.45) is 0. The number of methoxy groups -OCH3 is 2. The van der Waals surface area contributed by atoms with E-state index in [4.69, 9.17) is 9.47 Å². The van der Waals surface area contributed by atoms with Gasteiger partial charge in [-0.15, -0.1) is 0 Å². The zero-order chi connectivity index (χ0) is 24.9. The number of nitrogens with zero attached hydrogens (tertiary/aromatic N) is 1. The van der Waals surface area contributed by atoms with E-state index in [-0.39, 0.29) is 4.90 Å². The van der Waals surface area contributed by atoms with E-state index in [0.717, 1.165) is 9.87 Å². The maximum absolute atomic E-state index is 13.5. The molecule has 0 saturated carbocycles. The molecule has 3 aromatic rings. The molecule has 0 saturated heterocycles. The second-order valence-electron chi connectivity index (χ2n) is 7.54. The van der Waals surface area contributed by atoms with Crippen LogP contribution in [0.5, 0.6) is 5.75 Å². The van der Waals surface area contributed by atoms with Crippen molar-refractivity contribution in [2.24, 2.45) is 0 Å². The summed E-state index contributed by atoms with van der Waals surface area (Å²) in [7, 11) is -1.27. The van der Waals surface area contributed by atoms with Crippen LogP contribution < -0.4 is 14.4 Å². The number of hydrogen-bond acceptors (Lipinski definition) is 6. The van der Waals surface area contributed by atoms with Crippen molar-refractivity contribution in [1.82, 2.24) is 0 Å². The molecule has 0 heterocycles. The summed E-state index contributed by atoms with van der Waals surface area (Å²) in [5.74, 6) is -0.553. The molecule has 0 atom stereocenters. The zero-order valence-electron chi connectivity index (χ0n) is 19.4. The number of rotatable bonds is 8. The Morgan fingerprint density at radius 1 is 0.912 bits per heavy atom. The predicted molar refractivity (Wildman–Crippen MR) is 130 cm³/mol. The van der Waals surface area contributed by atoms with E-state index in [9.17, 15) is 18.0 Å². The van der Waals surface area contributed by atoms with Crippen LogP contribution >= 0.6 is 0 Å². The van der Waals surface area contributed by atoms with Gasteiger partial charge in [-0.25, -0.2) is 13.2 Å². The van der Waals surface area contributed by atoms with Gasteiger partial charge < -0.3 is 14.8 Å². The third-order valence-electron chi connectivity index (χ3n) is 5.27. The van der Waals surface area contributed by atoms with Crippen LogP contribution in [0.2, 0.25) is 0 Å².